The van der Waals surface area contributed by atoms with Gasteiger partial charge in [0.15, 0.2) is 0 Å². The third-order valence-electron chi connectivity index (χ3n) is 6.99. The Balaban J connectivity index is 1.58. The van der Waals surface area contributed by atoms with Gasteiger partial charge in [0.05, 0.1) is 11.9 Å². The van der Waals surface area contributed by atoms with Gasteiger partial charge in [-0.2, -0.15) is 10.4 Å². The van der Waals surface area contributed by atoms with E-state index in [0.717, 1.165) is 34.4 Å². The first-order valence-corrected chi connectivity index (χ1v) is 11.2. The number of benzene rings is 1. The molecule has 2 aliphatic rings. The number of carbonyl (C=O) groups is 1. The van der Waals surface area contributed by atoms with Crippen molar-refractivity contribution in [1.29, 1.82) is 5.26 Å². The zero-order valence-electron chi connectivity index (χ0n) is 18.9. The third kappa shape index (κ3) is 3.48. The smallest absolute Gasteiger partial charge is 0.254 e. The number of rotatable bonds is 4. The van der Waals surface area contributed by atoms with E-state index in [4.69, 9.17) is 4.98 Å². The highest BCUT2D eigenvalue weighted by atomic mass is 16.2. The fraction of sp³-hybridized carbons (Fsp3) is 0.385. The SMILES string of the molecule is Cc1cc(-c2cnn(CC3(C)CCCC3)c2)c(-c2ccc3c(c2)C(=O)N(C)C3)nc1C#N. The van der Waals surface area contributed by atoms with Crippen LogP contribution in [0.25, 0.3) is 22.4 Å². The third-order valence-corrected chi connectivity index (χ3v) is 6.99. The van der Waals surface area contributed by atoms with Crippen molar-refractivity contribution in [3.05, 3.63) is 59.0 Å². The van der Waals surface area contributed by atoms with Gasteiger partial charge in [-0.3, -0.25) is 9.48 Å². The number of amides is 1. The second-order valence-electron chi connectivity index (χ2n) is 9.64. The predicted octanol–water partition coefficient (Wildman–Crippen LogP) is 4.96. The van der Waals surface area contributed by atoms with Crippen LogP contribution in [0.2, 0.25) is 0 Å². The molecule has 0 bridgehead atoms. The minimum absolute atomic E-state index is 0.0219. The molecule has 1 aliphatic carbocycles. The summed E-state index contributed by atoms with van der Waals surface area (Å²) in [6.45, 7) is 5.78. The molecule has 0 saturated heterocycles. The first-order valence-electron chi connectivity index (χ1n) is 11.2. The molecule has 6 heteroatoms. The summed E-state index contributed by atoms with van der Waals surface area (Å²) >= 11 is 0. The lowest BCUT2D eigenvalue weighted by Crippen LogP contribution is -2.19. The highest BCUT2D eigenvalue weighted by molar-refractivity contribution is 5.99. The van der Waals surface area contributed by atoms with Gasteiger partial charge in [0, 0.05) is 48.6 Å². The Bertz CT molecular complexity index is 1260. The van der Waals surface area contributed by atoms with E-state index in [9.17, 15) is 10.1 Å². The summed E-state index contributed by atoms with van der Waals surface area (Å²) in [6.07, 6.45) is 9.03. The van der Waals surface area contributed by atoms with Gasteiger partial charge in [-0.15, -0.1) is 0 Å². The van der Waals surface area contributed by atoms with Crippen LogP contribution < -0.4 is 0 Å². The van der Waals surface area contributed by atoms with E-state index in [0.29, 0.717) is 28.9 Å². The Morgan fingerprint density at radius 1 is 1.16 bits per heavy atom. The van der Waals surface area contributed by atoms with Crippen molar-refractivity contribution >= 4 is 5.91 Å². The van der Waals surface area contributed by atoms with E-state index >= 15 is 0 Å². The maximum atomic E-state index is 12.6. The minimum atomic E-state index is 0.0219. The lowest BCUT2D eigenvalue weighted by atomic mass is 9.89. The molecule has 1 fully saturated rings. The Morgan fingerprint density at radius 2 is 1.94 bits per heavy atom. The van der Waals surface area contributed by atoms with Crippen molar-refractivity contribution in [3.8, 4) is 28.5 Å². The molecule has 1 amide bonds. The second kappa shape index (κ2) is 7.59. The summed E-state index contributed by atoms with van der Waals surface area (Å²) in [4.78, 5) is 19.0. The van der Waals surface area contributed by atoms with Crippen LogP contribution in [-0.4, -0.2) is 32.6 Å². The number of aromatic nitrogens is 3. The largest absolute Gasteiger partial charge is 0.337 e. The molecule has 2 aromatic heterocycles. The molecular weight excluding hydrogens is 398 g/mol. The van der Waals surface area contributed by atoms with Crippen molar-refractivity contribution in [3.63, 3.8) is 0 Å². The summed E-state index contributed by atoms with van der Waals surface area (Å²) in [5.74, 6) is 0.0219. The van der Waals surface area contributed by atoms with Crippen LogP contribution in [-0.2, 0) is 13.1 Å². The van der Waals surface area contributed by atoms with Gasteiger partial charge in [-0.25, -0.2) is 4.98 Å². The minimum Gasteiger partial charge on any atom is -0.337 e. The normalized spacial score (nSPS) is 16.9. The molecule has 3 aromatic rings. The number of nitriles is 1. The van der Waals surface area contributed by atoms with Crippen LogP contribution in [0.3, 0.4) is 0 Å². The summed E-state index contributed by atoms with van der Waals surface area (Å²) in [5, 5.41) is 14.2. The Hall–Kier alpha value is -3.46. The number of aryl methyl sites for hydroxylation is 1. The van der Waals surface area contributed by atoms with E-state index < -0.39 is 0 Å². The van der Waals surface area contributed by atoms with Gasteiger partial charge in [0.1, 0.15) is 11.8 Å². The van der Waals surface area contributed by atoms with Crippen LogP contribution in [0, 0.1) is 23.7 Å². The number of hydrogen-bond donors (Lipinski definition) is 0. The molecule has 0 unspecified atom stereocenters. The standard InChI is InChI=1S/C26H27N5O/c1-17-10-21(20-13-28-31(15-20)16-26(2)8-4-5-9-26)24(29-23(17)12-27)18-6-7-19-14-30(3)25(32)22(19)11-18/h6-7,10-11,13,15H,4-5,8-9,14,16H2,1-3H3. The lowest BCUT2D eigenvalue weighted by Gasteiger charge is -2.22. The predicted molar refractivity (Wildman–Crippen MR) is 123 cm³/mol. The number of pyridine rings is 1. The number of nitrogens with zero attached hydrogens (tertiary/aromatic N) is 5. The van der Waals surface area contributed by atoms with E-state index in [1.54, 1.807) is 4.90 Å². The second-order valence-corrected chi connectivity index (χ2v) is 9.64. The highest BCUT2D eigenvalue weighted by Crippen LogP contribution is 2.39. The van der Waals surface area contributed by atoms with Gasteiger partial charge >= 0.3 is 0 Å². The first kappa shape index (κ1) is 20.4. The Morgan fingerprint density at radius 3 is 2.69 bits per heavy atom. The van der Waals surface area contributed by atoms with E-state index in [1.165, 1.54) is 25.7 Å². The fourth-order valence-electron chi connectivity index (χ4n) is 5.13. The van der Waals surface area contributed by atoms with Crippen LogP contribution >= 0.6 is 0 Å². The van der Waals surface area contributed by atoms with Crippen molar-refractivity contribution in [2.75, 3.05) is 7.05 Å². The maximum absolute atomic E-state index is 12.6. The van der Waals surface area contributed by atoms with Gasteiger partial charge in [0.2, 0.25) is 0 Å². The summed E-state index contributed by atoms with van der Waals surface area (Å²) in [5.41, 5.74) is 6.73. The molecule has 5 rings (SSSR count). The first-order chi connectivity index (χ1) is 15.4. The molecular formula is C26H27N5O. The average molecular weight is 426 g/mol. The monoisotopic (exact) mass is 425 g/mol. The summed E-state index contributed by atoms with van der Waals surface area (Å²) in [6, 6.07) is 10.1. The molecule has 6 nitrogen and oxygen atoms in total. The van der Waals surface area contributed by atoms with E-state index in [1.807, 2.05) is 49.1 Å². The van der Waals surface area contributed by atoms with E-state index in [-0.39, 0.29) is 5.91 Å². The maximum Gasteiger partial charge on any atom is 0.254 e. The molecule has 3 heterocycles. The van der Waals surface area contributed by atoms with Gasteiger partial charge in [-0.05, 0) is 48.4 Å². The molecule has 1 saturated carbocycles. The van der Waals surface area contributed by atoms with Crippen LogP contribution in [0.1, 0.15) is 59.8 Å². The van der Waals surface area contributed by atoms with Gasteiger partial charge in [0.25, 0.3) is 5.91 Å². The summed E-state index contributed by atoms with van der Waals surface area (Å²) < 4.78 is 2.04. The van der Waals surface area contributed by atoms with Crippen LogP contribution in [0.4, 0.5) is 0 Å². The highest BCUT2D eigenvalue weighted by Gasteiger charge is 2.30. The van der Waals surface area contributed by atoms with Crippen molar-refractivity contribution < 1.29 is 4.79 Å². The summed E-state index contributed by atoms with van der Waals surface area (Å²) in [7, 11) is 1.81. The lowest BCUT2D eigenvalue weighted by molar-refractivity contribution is 0.0816. The van der Waals surface area contributed by atoms with Gasteiger partial charge in [-0.1, -0.05) is 31.9 Å². The van der Waals surface area contributed by atoms with Crippen molar-refractivity contribution in [2.45, 2.75) is 52.6 Å². The molecule has 1 aliphatic heterocycles. The van der Waals surface area contributed by atoms with Crippen molar-refractivity contribution in [2.24, 2.45) is 5.41 Å². The molecule has 32 heavy (non-hydrogen) atoms. The number of fused-ring (bicyclic) bond motifs is 1. The Labute approximate surface area is 188 Å². The molecule has 0 atom stereocenters. The number of hydrogen-bond acceptors (Lipinski definition) is 4. The zero-order chi connectivity index (χ0) is 22.5. The zero-order valence-corrected chi connectivity index (χ0v) is 18.9. The molecule has 1 aromatic carbocycles. The molecule has 0 spiro atoms. The number of carbonyl (C=O) groups excluding carboxylic acids is 1. The van der Waals surface area contributed by atoms with Crippen LogP contribution in [0.15, 0.2) is 36.7 Å². The quantitative estimate of drug-likeness (QED) is 0.592. The van der Waals surface area contributed by atoms with Crippen molar-refractivity contribution in [1.82, 2.24) is 19.7 Å². The Kier molecular flexibility index (Phi) is 4.85. The average Bonchev–Trinajstić information content (AvgIpc) is 3.48. The van der Waals surface area contributed by atoms with E-state index in [2.05, 4.69) is 24.3 Å². The molecule has 0 radical (unpaired) electrons. The molecule has 162 valence electrons. The fourth-order valence-corrected chi connectivity index (χ4v) is 5.13. The molecule has 0 N–H and O–H groups in total. The topological polar surface area (TPSA) is 74.8 Å². The van der Waals surface area contributed by atoms with Crippen LogP contribution in [0.5, 0.6) is 0 Å². The van der Waals surface area contributed by atoms with Gasteiger partial charge < -0.3 is 4.90 Å².